The Hall–Kier alpha value is -1.18. The van der Waals surface area contributed by atoms with Crippen molar-refractivity contribution >= 4 is 21.4 Å². The molecule has 7 heteroatoms. The highest BCUT2D eigenvalue weighted by Gasteiger charge is 2.29. The SMILES string of the molecule is Cc1noc(C)c1S(=O)(=O)N[C@H](c1cccs1)C(C)C. The van der Waals surface area contributed by atoms with Gasteiger partial charge in [-0.2, -0.15) is 0 Å². The fourth-order valence-electron chi connectivity index (χ4n) is 2.08. The lowest BCUT2D eigenvalue weighted by Crippen LogP contribution is -2.31. The third-order valence-electron chi connectivity index (χ3n) is 3.04. The van der Waals surface area contributed by atoms with Crippen molar-refractivity contribution < 1.29 is 12.9 Å². The van der Waals surface area contributed by atoms with Crippen LogP contribution >= 0.6 is 11.3 Å². The third kappa shape index (κ3) is 2.94. The Morgan fingerprint density at radius 2 is 2.05 bits per heavy atom. The molecule has 0 unspecified atom stereocenters. The lowest BCUT2D eigenvalue weighted by Gasteiger charge is -2.21. The van der Waals surface area contributed by atoms with E-state index in [1.165, 1.54) is 11.3 Å². The summed E-state index contributed by atoms with van der Waals surface area (Å²) in [6.45, 7) is 7.20. The average Bonchev–Trinajstić information content (AvgIpc) is 2.96. The minimum atomic E-state index is -3.65. The molecule has 20 heavy (non-hydrogen) atoms. The predicted molar refractivity (Wildman–Crippen MR) is 78.2 cm³/mol. The third-order valence-corrected chi connectivity index (χ3v) is 5.68. The normalized spacial score (nSPS) is 13.8. The Balaban J connectivity index is 2.36. The van der Waals surface area contributed by atoms with Crippen LogP contribution in [0.5, 0.6) is 0 Å². The zero-order valence-corrected chi connectivity index (χ0v) is 13.5. The van der Waals surface area contributed by atoms with Gasteiger partial charge in [-0.05, 0) is 31.2 Å². The lowest BCUT2D eigenvalue weighted by molar-refractivity contribution is 0.390. The van der Waals surface area contributed by atoms with Crippen molar-refractivity contribution in [2.45, 2.75) is 38.6 Å². The Labute approximate surface area is 123 Å². The van der Waals surface area contributed by atoms with Gasteiger partial charge in [0.15, 0.2) is 5.76 Å². The monoisotopic (exact) mass is 314 g/mol. The molecule has 110 valence electrons. The van der Waals surface area contributed by atoms with E-state index in [0.717, 1.165) is 4.88 Å². The quantitative estimate of drug-likeness (QED) is 0.920. The van der Waals surface area contributed by atoms with Gasteiger partial charge in [-0.15, -0.1) is 11.3 Å². The topological polar surface area (TPSA) is 72.2 Å². The summed E-state index contributed by atoms with van der Waals surface area (Å²) in [7, 11) is -3.65. The number of nitrogens with zero attached hydrogens (tertiary/aromatic N) is 1. The van der Waals surface area contributed by atoms with Crippen molar-refractivity contribution in [1.29, 1.82) is 0 Å². The van der Waals surface area contributed by atoms with E-state index in [-0.39, 0.29) is 16.9 Å². The largest absolute Gasteiger partial charge is 0.360 e. The number of aromatic nitrogens is 1. The molecule has 0 aliphatic carbocycles. The van der Waals surface area contributed by atoms with Gasteiger partial charge in [0.05, 0.1) is 6.04 Å². The second-order valence-corrected chi connectivity index (χ2v) is 7.64. The number of aryl methyl sites for hydroxylation is 2. The Kier molecular flexibility index (Phi) is 4.31. The highest BCUT2D eigenvalue weighted by Crippen LogP contribution is 2.29. The second kappa shape index (κ2) is 5.67. The molecule has 0 fully saturated rings. The Bertz CT molecular complexity index is 653. The van der Waals surface area contributed by atoms with E-state index in [2.05, 4.69) is 9.88 Å². The smallest absolute Gasteiger partial charge is 0.246 e. The molecule has 5 nitrogen and oxygen atoms in total. The van der Waals surface area contributed by atoms with E-state index in [9.17, 15) is 8.42 Å². The molecule has 0 radical (unpaired) electrons. The van der Waals surface area contributed by atoms with E-state index >= 15 is 0 Å². The molecule has 0 saturated carbocycles. The molecule has 2 aromatic rings. The molecule has 1 atom stereocenters. The van der Waals surface area contributed by atoms with E-state index in [1.807, 2.05) is 31.4 Å². The van der Waals surface area contributed by atoms with Gasteiger partial charge in [-0.25, -0.2) is 13.1 Å². The number of thiophene rings is 1. The van der Waals surface area contributed by atoms with Crippen LogP contribution in [0.15, 0.2) is 26.9 Å². The molecule has 2 rings (SSSR count). The summed E-state index contributed by atoms with van der Waals surface area (Å²) in [5.41, 5.74) is 0.378. The van der Waals surface area contributed by atoms with Crippen LogP contribution in [-0.4, -0.2) is 13.6 Å². The van der Waals surface area contributed by atoms with Crippen molar-refractivity contribution in [2.24, 2.45) is 5.92 Å². The molecule has 0 aliphatic rings. The molecule has 1 N–H and O–H groups in total. The maximum absolute atomic E-state index is 12.5. The van der Waals surface area contributed by atoms with Crippen LogP contribution in [0.25, 0.3) is 0 Å². The number of rotatable bonds is 5. The summed E-state index contributed by atoms with van der Waals surface area (Å²) >= 11 is 1.54. The van der Waals surface area contributed by atoms with Crippen LogP contribution in [-0.2, 0) is 10.0 Å². The van der Waals surface area contributed by atoms with Crippen molar-refractivity contribution in [3.05, 3.63) is 33.8 Å². The molecule has 0 spiro atoms. The summed E-state index contributed by atoms with van der Waals surface area (Å²) in [6, 6.07) is 3.60. The highest BCUT2D eigenvalue weighted by molar-refractivity contribution is 7.89. The zero-order valence-electron chi connectivity index (χ0n) is 11.9. The highest BCUT2D eigenvalue weighted by atomic mass is 32.2. The van der Waals surface area contributed by atoms with E-state index in [1.54, 1.807) is 13.8 Å². The van der Waals surface area contributed by atoms with Crippen LogP contribution < -0.4 is 4.72 Å². The maximum Gasteiger partial charge on any atom is 0.246 e. The van der Waals surface area contributed by atoms with Gasteiger partial charge in [0.1, 0.15) is 10.6 Å². The van der Waals surface area contributed by atoms with E-state index in [0.29, 0.717) is 11.5 Å². The van der Waals surface area contributed by atoms with Gasteiger partial charge in [-0.3, -0.25) is 0 Å². The fraction of sp³-hybridized carbons (Fsp3) is 0.462. The first kappa shape index (κ1) is 15.2. The molecule has 0 aromatic carbocycles. The minimum absolute atomic E-state index is 0.139. The molecule has 0 amide bonds. The summed E-state index contributed by atoms with van der Waals surface area (Å²) in [5.74, 6) is 0.451. The predicted octanol–water partition coefficient (Wildman–Crippen LogP) is 3.03. The van der Waals surface area contributed by atoms with Crippen LogP contribution in [0, 0.1) is 19.8 Å². The number of hydrogen-bond donors (Lipinski definition) is 1. The number of nitrogens with one attached hydrogen (secondary N) is 1. The fourth-order valence-corrected chi connectivity index (χ4v) is 4.79. The van der Waals surface area contributed by atoms with Gasteiger partial charge in [0.25, 0.3) is 0 Å². The van der Waals surface area contributed by atoms with Crippen LogP contribution in [0.2, 0.25) is 0 Å². The molecule has 2 heterocycles. The van der Waals surface area contributed by atoms with Gasteiger partial charge in [-0.1, -0.05) is 25.1 Å². The van der Waals surface area contributed by atoms with Crippen molar-refractivity contribution in [2.75, 3.05) is 0 Å². The first-order valence-corrected chi connectivity index (χ1v) is 8.68. The average molecular weight is 314 g/mol. The molecular formula is C13H18N2O3S2. The number of hydrogen-bond acceptors (Lipinski definition) is 5. The van der Waals surface area contributed by atoms with Crippen LogP contribution in [0.4, 0.5) is 0 Å². The first-order chi connectivity index (χ1) is 9.33. The maximum atomic E-state index is 12.5. The van der Waals surface area contributed by atoms with Crippen LogP contribution in [0.1, 0.15) is 36.2 Å². The van der Waals surface area contributed by atoms with Gasteiger partial charge in [0, 0.05) is 4.88 Å². The summed E-state index contributed by atoms with van der Waals surface area (Å²) in [5, 5.41) is 5.65. The minimum Gasteiger partial charge on any atom is -0.360 e. The molecular weight excluding hydrogens is 296 g/mol. The van der Waals surface area contributed by atoms with E-state index < -0.39 is 10.0 Å². The van der Waals surface area contributed by atoms with Gasteiger partial charge in [0.2, 0.25) is 10.0 Å². The lowest BCUT2D eigenvalue weighted by atomic mass is 10.0. The summed E-state index contributed by atoms with van der Waals surface area (Å²) in [6.07, 6.45) is 0. The summed E-state index contributed by atoms with van der Waals surface area (Å²) in [4.78, 5) is 1.13. The first-order valence-electron chi connectivity index (χ1n) is 6.31. The molecule has 0 saturated heterocycles. The number of sulfonamides is 1. The van der Waals surface area contributed by atoms with Crippen LogP contribution in [0.3, 0.4) is 0 Å². The van der Waals surface area contributed by atoms with Crippen molar-refractivity contribution in [1.82, 2.24) is 9.88 Å². The van der Waals surface area contributed by atoms with Crippen molar-refractivity contribution in [3.63, 3.8) is 0 Å². The van der Waals surface area contributed by atoms with E-state index in [4.69, 9.17) is 4.52 Å². The molecule has 0 bridgehead atoms. The second-order valence-electron chi connectivity index (χ2n) is 5.01. The standard InChI is InChI=1S/C13H18N2O3S2/c1-8(2)12(11-6-5-7-19-11)15-20(16,17)13-9(3)14-18-10(13)4/h5-8,12,15H,1-4H3/t12-/m0/s1. The Morgan fingerprint density at radius 1 is 1.35 bits per heavy atom. The van der Waals surface area contributed by atoms with Gasteiger partial charge >= 0.3 is 0 Å². The van der Waals surface area contributed by atoms with Gasteiger partial charge < -0.3 is 4.52 Å². The zero-order chi connectivity index (χ0) is 14.9. The summed E-state index contributed by atoms with van der Waals surface area (Å²) < 4.78 is 32.8. The Morgan fingerprint density at radius 3 is 2.50 bits per heavy atom. The molecule has 2 aromatic heterocycles. The molecule has 0 aliphatic heterocycles. The van der Waals surface area contributed by atoms with Crippen molar-refractivity contribution in [3.8, 4) is 0 Å².